The molecule has 240 valence electrons. The van der Waals surface area contributed by atoms with Gasteiger partial charge in [-0.25, -0.2) is 24.0 Å². The Balaban J connectivity index is 1.58. The maximum Gasteiger partial charge on any atom is 0.320 e. The Morgan fingerprint density at radius 3 is 2.53 bits per heavy atom. The number of nitrogens with zero attached hydrogens (tertiary/aromatic N) is 7. The van der Waals surface area contributed by atoms with Crippen molar-refractivity contribution in [3.8, 4) is 17.3 Å². The van der Waals surface area contributed by atoms with Crippen molar-refractivity contribution < 1.29 is 23.5 Å². The molecule has 3 aromatic heterocycles. The number of methoxy groups -OCH3 is 1. The van der Waals surface area contributed by atoms with E-state index in [4.69, 9.17) is 24.5 Å². The minimum atomic E-state index is -1.09. The molecule has 1 amide bonds. The third-order valence-electron chi connectivity index (χ3n) is 8.21. The van der Waals surface area contributed by atoms with Crippen molar-refractivity contribution in [2.45, 2.75) is 45.2 Å². The topological polar surface area (TPSA) is 125 Å². The summed E-state index contributed by atoms with van der Waals surface area (Å²) in [4.78, 5) is 47.8. The number of fused-ring (bicyclic) bond motifs is 2. The van der Waals surface area contributed by atoms with E-state index in [2.05, 4.69) is 9.98 Å². The number of ether oxygens (including phenoxy) is 2. The zero-order valence-electron chi connectivity index (χ0n) is 26.8. The Labute approximate surface area is 271 Å². The van der Waals surface area contributed by atoms with Crippen LogP contribution in [0.5, 0.6) is 5.75 Å². The summed E-state index contributed by atoms with van der Waals surface area (Å²) in [6.45, 7) is 5.78. The lowest BCUT2D eigenvalue weighted by atomic mass is 9.83. The zero-order valence-corrected chi connectivity index (χ0v) is 26.8. The highest BCUT2D eigenvalue weighted by molar-refractivity contribution is 6.08. The molecule has 5 aromatic rings. The lowest BCUT2D eigenvalue weighted by Gasteiger charge is -2.21. The quantitative estimate of drug-likeness (QED) is 0.150. The molecule has 12 heteroatoms. The Kier molecular flexibility index (Phi) is 8.50. The van der Waals surface area contributed by atoms with Gasteiger partial charge in [0.25, 0.3) is 0 Å². The van der Waals surface area contributed by atoms with Crippen LogP contribution in [0, 0.1) is 5.82 Å². The van der Waals surface area contributed by atoms with Gasteiger partial charge in [0.15, 0.2) is 11.5 Å². The number of hydrogen-bond acceptors (Lipinski definition) is 9. The van der Waals surface area contributed by atoms with Crippen molar-refractivity contribution >= 4 is 34.9 Å². The molecule has 1 aliphatic rings. The smallest absolute Gasteiger partial charge is 0.320 e. The van der Waals surface area contributed by atoms with Crippen LogP contribution in [0.2, 0.25) is 0 Å². The van der Waals surface area contributed by atoms with Crippen molar-refractivity contribution in [3.63, 3.8) is 0 Å². The summed E-state index contributed by atoms with van der Waals surface area (Å²) in [5, 5.41) is 5.45. The monoisotopic (exact) mass is 635 g/mol. The standard InChI is InChI=1S/C35H34FN7O4/c1-6-47-33(44)25(18-37-4)28-27-32(42(34(45)35(27,2)3)19-21-13-15-23(46-5)16-14-21)40-30(39-28)29-24-11-9-17-38-31(24)43(41-29)20-22-10-7-8-12-26(22)36/h7-18,25H,6,19-20H2,1-5H3. The van der Waals surface area contributed by atoms with E-state index in [-0.39, 0.29) is 37.2 Å². The van der Waals surface area contributed by atoms with E-state index in [9.17, 15) is 14.0 Å². The van der Waals surface area contributed by atoms with Gasteiger partial charge in [0.1, 0.15) is 29.0 Å². The van der Waals surface area contributed by atoms with Crippen LogP contribution in [0.3, 0.4) is 0 Å². The first-order valence-electron chi connectivity index (χ1n) is 15.2. The van der Waals surface area contributed by atoms with Gasteiger partial charge < -0.3 is 9.47 Å². The van der Waals surface area contributed by atoms with Crippen LogP contribution in [0.15, 0.2) is 71.9 Å². The van der Waals surface area contributed by atoms with Crippen molar-refractivity contribution in [2.75, 3.05) is 25.7 Å². The first kappa shape index (κ1) is 31.5. The van der Waals surface area contributed by atoms with Gasteiger partial charge in [-0.3, -0.25) is 19.5 Å². The number of halogens is 1. The van der Waals surface area contributed by atoms with Crippen LogP contribution in [0.4, 0.5) is 10.2 Å². The fourth-order valence-corrected chi connectivity index (χ4v) is 5.89. The fourth-order valence-electron chi connectivity index (χ4n) is 5.89. The van der Waals surface area contributed by atoms with Gasteiger partial charge >= 0.3 is 5.97 Å². The van der Waals surface area contributed by atoms with Gasteiger partial charge in [-0.1, -0.05) is 30.3 Å². The predicted octanol–water partition coefficient (Wildman–Crippen LogP) is 5.26. The summed E-state index contributed by atoms with van der Waals surface area (Å²) in [5.74, 6) is -0.925. The van der Waals surface area contributed by atoms with Gasteiger partial charge in [-0.15, -0.1) is 0 Å². The third kappa shape index (κ3) is 5.71. The number of aromatic nitrogens is 5. The molecule has 0 saturated carbocycles. The number of carbonyl (C=O) groups excluding carboxylic acids is 2. The van der Waals surface area contributed by atoms with Gasteiger partial charge in [0, 0.05) is 30.6 Å². The Hall–Kier alpha value is -5.52. The highest BCUT2D eigenvalue weighted by Gasteiger charge is 2.49. The van der Waals surface area contributed by atoms with E-state index < -0.39 is 17.3 Å². The molecule has 0 bridgehead atoms. The van der Waals surface area contributed by atoms with Crippen molar-refractivity contribution in [1.82, 2.24) is 24.7 Å². The molecule has 47 heavy (non-hydrogen) atoms. The molecule has 4 heterocycles. The van der Waals surface area contributed by atoms with Crippen LogP contribution < -0.4 is 9.64 Å². The molecule has 0 saturated heterocycles. The molecule has 11 nitrogen and oxygen atoms in total. The van der Waals surface area contributed by atoms with Gasteiger partial charge in [0.2, 0.25) is 5.91 Å². The second-order valence-corrected chi connectivity index (χ2v) is 11.6. The molecule has 1 atom stereocenters. The summed E-state index contributed by atoms with van der Waals surface area (Å²) in [5.41, 5.74) is 1.87. The first-order valence-corrected chi connectivity index (χ1v) is 15.2. The predicted molar refractivity (Wildman–Crippen MR) is 175 cm³/mol. The molecule has 1 aliphatic heterocycles. The number of pyridine rings is 1. The van der Waals surface area contributed by atoms with Crippen molar-refractivity contribution in [3.05, 3.63) is 95.1 Å². The minimum absolute atomic E-state index is 0.112. The molecule has 1 unspecified atom stereocenters. The molecular formula is C35H34FN7O4. The normalized spacial score (nSPS) is 14.5. The number of amides is 1. The van der Waals surface area contributed by atoms with E-state index >= 15 is 0 Å². The second-order valence-electron chi connectivity index (χ2n) is 11.6. The van der Waals surface area contributed by atoms with Crippen molar-refractivity contribution in [1.29, 1.82) is 0 Å². The van der Waals surface area contributed by atoms with Crippen LogP contribution in [-0.4, -0.2) is 63.6 Å². The lowest BCUT2D eigenvalue weighted by Crippen LogP contribution is -2.36. The summed E-state index contributed by atoms with van der Waals surface area (Å²) in [6, 6.07) is 17.5. The average Bonchev–Trinajstić information content (AvgIpc) is 3.53. The number of hydrogen-bond donors (Lipinski definition) is 0. The lowest BCUT2D eigenvalue weighted by molar-refractivity contribution is -0.143. The zero-order chi connectivity index (χ0) is 33.3. The molecule has 0 spiro atoms. The van der Waals surface area contributed by atoms with Crippen LogP contribution >= 0.6 is 0 Å². The Bertz CT molecular complexity index is 2010. The average molecular weight is 636 g/mol. The summed E-state index contributed by atoms with van der Waals surface area (Å²) in [6.07, 6.45) is 3.10. The van der Waals surface area contributed by atoms with E-state index in [0.717, 1.165) is 5.56 Å². The Morgan fingerprint density at radius 1 is 1.06 bits per heavy atom. The number of anilines is 1. The number of rotatable bonds is 10. The first-order chi connectivity index (χ1) is 22.7. The summed E-state index contributed by atoms with van der Waals surface area (Å²) in [7, 11) is 3.15. The largest absolute Gasteiger partial charge is 0.497 e. The van der Waals surface area contributed by atoms with Crippen molar-refractivity contribution in [2.24, 2.45) is 4.99 Å². The van der Waals surface area contributed by atoms with E-state index in [1.54, 1.807) is 75.0 Å². The molecule has 6 rings (SSSR count). The highest BCUT2D eigenvalue weighted by atomic mass is 19.1. The van der Waals surface area contributed by atoms with Crippen LogP contribution in [0.1, 0.15) is 49.1 Å². The molecular weight excluding hydrogens is 601 g/mol. The van der Waals surface area contributed by atoms with Crippen LogP contribution in [0.25, 0.3) is 22.6 Å². The minimum Gasteiger partial charge on any atom is -0.497 e. The number of esters is 1. The number of benzene rings is 2. The molecule has 2 aromatic carbocycles. The number of aliphatic imine (C=N–C) groups is 1. The molecule has 0 fully saturated rings. The summed E-state index contributed by atoms with van der Waals surface area (Å²) < 4.78 is 27.0. The SMILES string of the molecule is CCOC(=O)C(C=NC)c1nc(-c2nn(Cc3ccccc3F)c3ncccc23)nc2c1C(C)(C)C(=O)N2Cc1ccc(OC)cc1. The molecule has 0 aliphatic carbocycles. The summed E-state index contributed by atoms with van der Waals surface area (Å²) >= 11 is 0. The van der Waals surface area contributed by atoms with E-state index in [1.165, 1.54) is 12.3 Å². The Morgan fingerprint density at radius 2 is 1.83 bits per heavy atom. The third-order valence-corrected chi connectivity index (χ3v) is 8.21. The van der Waals surface area contributed by atoms with Crippen LogP contribution in [-0.2, 0) is 32.8 Å². The maximum atomic E-state index is 14.7. The molecule has 0 N–H and O–H groups in total. The molecule has 0 radical (unpaired) electrons. The second kappa shape index (κ2) is 12.7. The highest BCUT2D eigenvalue weighted by Crippen LogP contribution is 2.46. The van der Waals surface area contributed by atoms with Gasteiger partial charge in [0.05, 0.1) is 43.3 Å². The van der Waals surface area contributed by atoms with E-state index in [1.807, 2.05) is 30.3 Å². The maximum absolute atomic E-state index is 14.7. The van der Waals surface area contributed by atoms with Gasteiger partial charge in [-0.2, -0.15) is 5.10 Å². The van der Waals surface area contributed by atoms with Gasteiger partial charge in [-0.05, 0) is 56.7 Å². The van der Waals surface area contributed by atoms with E-state index in [0.29, 0.717) is 45.1 Å². The number of carbonyl (C=O) groups is 2. The fraction of sp³-hybridized carbons (Fsp3) is 0.286.